The zero-order valence-electron chi connectivity index (χ0n) is 10.0. The first-order valence-corrected chi connectivity index (χ1v) is 7.09. The smallest absolute Gasteiger partial charge is 0.337 e. The Hall–Kier alpha value is -1.99. The van der Waals surface area contributed by atoms with Crippen molar-refractivity contribution in [3.05, 3.63) is 50.8 Å². The maximum atomic E-state index is 11.7. The quantitative estimate of drug-likeness (QED) is 0.827. The number of carboxylic acids is 1. The minimum Gasteiger partial charge on any atom is -0.478 e. The zero-order chi connectivity index (χ0) is 14.5. The molecule has 0 bridgehead atoms. The van der Waals surface area contributed by atoms with Crippen LogP contribution in [-0.2, 0) is 4.79 Å². The number of anilines is 1. The molecule has 0 aliphatic carbocycles. The highest BCUT2D eigenvalue weighted by Gasteiger charge is 2.04. The van der Waals surface area contributed by atoms with Gasteiger partial charge in [-0.25, -0.2) is 9.78 Å². The molecule has 5 nitrogen and oxygen atoms in total. The SMILES string of the molecule is O=C(C=Cc1ccc(Br)s1)Nc1ccc(C(=O)O)cn1. The van der Waals surface area contributed by atoms with Crippen LogP contribution < -0.4 is 5.32 Å². The molecule has 2 heterocycles. The standard InChI is InChI=1S/C13H9BrN2O3S/c14-10-4-2-9(20-10)3-6-12(17)16-11-5-1-8(7-15-11)13(18)19/h1-7H,(H,18,19)(H,15,16,17). The molecule has 1 amide bonds. The Labute approximate surface area is 127 Å². The van der Waals surface area contributed by atoms with Gasteiger partial charge in [0.1, 0.15) is 5.82 Å². The molecular formula is C13H9BrN2O3S. The van der Waals surface area contributed by atoms with Gasteiger partial charge in [-0.2, -0.15) is 0 Å². The molecule has 2 N–H and O–H groups in total. The largest absolute Gasteiger partial charge is 0.478 e. The van der Waals surface area contributed by atoms with E-state index in [-0.39, 0.29) is 11.5 Å². The molecule has 20 heavy (non-hydrogen) atoms. The molecule has 0 radical (unpaired) electrons. The van der Waals surface area contributed by atoms with Crippen molar-refractivity contribution in [1.82, 2.24) is 4.98 Å². The van der Waals surface area contributed by atoms with Gasteiger partial charge >= 0.3 is 5.97 Å². The van der Waals surface area contributed by atoms with Gasteiger partial charge in [0.2, 0.25) is 5.91 Å². The summed E-state index contributed by atoms with van der Waals surface area (Å²) < 4.78 is 0.989. The third-order valence-electron chi connectivity index (χ3n) is 2.25. The zero-order valence-corrected chi connectivity index (χ0v) is 12.4. The van der Waals surface area contributed by atoms with Gasteiger partial charge in [0.25, 0.3) is 0 Å². The van der Waals surface area contributed by atoms with Crippen LogP contribution in [0.4, 0.5) is 5.82 Å². The van der Waals surface area contributed by atoms with Crippen LogP contribution in [0.1, 0.15) is 15.2 Å². The van der Waals surface area contributed by atoms with Crippen LogP contribution in [0, 0.1) is 0 Å². The fraction of sp³-hybridized carbons (Fsp3) is 0. The lowest BCUT2D eigenvalue weighted by molar-refractivity contribution is -0.111. The Morgan fingerprint density at radius 2 is 2.10 bits per heavy atom. The molecule has 2 aromatic heterocycles. The Morgan fingerprint density at radius 1 is 1.30 bits per heavy atom. The van der Waals surface area contributed by atoms with Gasteiger partial charge in [-0.3, -0.25) is 4.79 Å². The van der Waals surface area contributed by atoms with E-state index in [9.17, 15) is 9.59 Å². The first kappa shape index (κ1) is 14.4. The van der Waals surface area contributed by atoms with Crippen LogP contribution in [0.3, 0.4) is 0 Å². The van der Waals surface area contributed by atoms with Crippen LogP contribution in [-0.4, -0.2) is 22.0 Å². The van der Waals surface area contributed by atoms with E-state index in [0.29, 0.717) is 5.82 Å². The summed E-state index contributed by atoms with van der Waals surface area (Å²) >= 11 is 4.85. The number of hydrogen-bond acceptors (Lipinski definition) is 4. The van der Waals surface area contributed by atoms with Gasteiger partial charge < -0.3 is 10.4 Å². The van der Waals surface area contributed by atoms with Crippen molar-refractivity contribution in [2.75, 3.05) is 5.32 Å². The number of nitrogens with one attached hydrogen (secondary N) is 1. The monoisotopic (exact) mass is 352 g/mol. The number of aromatic nitrogens is 1. The summed E-state index contributed by atoms with van der Waals surface area (Å²) in [6.07, 6.45) is 4.28. The lowest BCUT2D eigenvalue weighted by Crippen LogP contribution is -2.09. The molecule has 0 atom stereocenters. The maximum absolute atomic E-state index is 11.7. The van der Waals surface area contributed by atoms with E-state index in [2.05, 4.69) is 26.2 Å². The van der Waals surface area contributed by atoms with Gasteiger partial charge in [-0.15, -0.1) is 11.3 Å². The van der Waals surface area contributed by atoms with Crippen LogP contribution in [0.15, 0.2) is 40.3 Å². The minimum absolute atomic E-state index is 0.0713. The highest BCUT2D eigenvalue weighted by Crippen LogP contribution is 2.22. The molecule has 2 aromatic rings. The van der Waals surface area contributed by atoms with Crippen molar-refractivity contribution in [2.24, 2.45) is 0 Å². The highest BCUT2D eigenvalue weighted by atomic mass is 79.9. The number of thiophene rings is 1. The molecule has 2 rings (SSSR count). The van der Waals surface area contributed by atoms with Crippen LogP contribution in [0.2, 0.25) is 0 Å². The lowest BCUT2D eigenvalue weighted by atomic mass is 10.3. The van der Waals surface area contributed by atoms with Crippen LogP contribution >= 0.6 is 27.3 Å². The summed E-state index contributed by atoms with van der Waals surface area (Å²) in [5, 5.41) is 11.3. The fourth-order valence-electron chi connectivity index (χ4n) is 1.34. The Balaban J connectivity index is 1.97. The maximum Gasteiger partial charge on any atom is 0.337 e. The molecule has 0 saturated carbocycles. The highest BCUT2D eigenvalue weighted by molar-refractivity contribution is 9.11. The molecule has 0 saturated heterocycles. The molecule has 0 unspecified atom stereocenters. The second kappa shape index (κ2) is 6.44. The van der Waals surface area contributed by atoms with Crippen LogP contribution in [0.5, 0.6) is 0 Å². The lowest BCUT2D eigenvalue weighted by Gasteiger charge is -2.01. The first-order valence-electron chi connectivity index (χ1n) is 5.48. The van der Waals surface area contributed by atoms with E-state index in [1.807, 2.05) is 12.1 Å². The van der Waals surface area contributed by atoms with E-state index in [4.69, 9.17) is 5.11 Å². The van der Waals surface area contributed by atoms with E-state index >= 15 is 0 Å². The Morgan fingerprint density at radius 3 is 2.65 bits per heavy atom. The number of carboxylic acid groups (broad SMARTS) is 1. The van der Waals surface area contributed by atoms with Crippen molar-refractivity contribution < 1.29 is 14.7 Å². The summed E-state index contributed by atoms with van der Waals surface area (Å²) in [7, 11) is 0. The molecule has 0 aliphatic rings. The number of hydrogen-bond donors (Lipinski definition) is 2. The van der Waals surface area contributed by atoms with Crippen LogP contribution in [0.25, 0.3) is 6.08 Å². The predicted octanol–water partition coefficient (Wildman–Crippen LogP) is 3.26. The number of nitrogens with zero attached hydrogens (tertiary/aromatic N) is 1. The van der Waals surface area contributed by atoms with Gasteiger partial charge in [0, 0.05) is 17.2 Å². The molecule has 0 fully saturated rings. The van der Waals surface area contributed by atoms with E-state index in [1.54, 1.807) is 6.08 Å². The molecule has 7 heteroatoms. The molecule has 102 valence electrons. The summed E-state index contributed by atoms with van der Waals surface area (Å²) in [4.78, 5) is 27.1. The van der Waals surface area contributed by atoms with Crippen molar-refractivity contribution in [3.8, 4) is 0 Å². The number of pyridine rings is 1. The fourth-order valence-corrected chi connectivity index (χ4v) is 2.66. The van der Waals surface area contributed by atoms with Crippen molar-refractivity contribution >= 4 is 51.0 Å². The number of amides is 1. The summed E-state index contributed by atoms with van der Waals surface area (Å²) in [6, 6.07) is 6.61. The molecule has 0 aliphatic heterocycles. The average molecular weight is 353 g/mol. The molecule has 0 aromatic carbocycles. The Bertz CT molecular complexity index is 665. The number of aromatic carboxylic acids is 1. The van der Waals surface area contributed by atoms with Gasteiger partial charge in [-0.05, 0) is 46.3 Å². The van der Waals surface area contributed by atoms with E-state index in [0.717, 1.165) is 8.66 Å². The van der Waals surface area contributed by atoms with Gasteiger partial charge in [-0.1, -0.05) is 0 Å². The van der Waals surface area contributed by atoms with Crippen molar-refractivity contribution in [1.29, 1.82) is 0 Å². The third-order valence-corrected chi connectivity index (χ3v) is 3.84. The average Bonchev–Trinajstić information content (AvgIpc) is 2.83. The molecular weight excluding hydrogens is 344 g/mol. The van der Waals surface area contributed by atoms with Gasteiger partial charge in [0.05, 0.1) is 9.35 Å². The predicted molar refractivity (Wildman–Crippen MR) is 80.9 cm³/mol. The van der Waals surface area contributed by atoms with Crippen molar-refractivity contribution in [3.63, 3.8) is 0 Å². The first-order chi connectivity index (χ1) is 9.54. The van der Waals surface area contributed by atoms with E-state index < -0.39 is 5.97 Å². The number of rotatable bonds is 4. The number of carbonyl (C=O) groups is 2. The second-order valence-corrected chi connectivity index (χ2v) is 6.20. The third kappa shape index (κ3) is 4.01. The second-order valence-electron chi connectivity index (χ2n) is 3.70. The minimum atomic E-state index is -1.06. The molecule has 0 spiro atoms. The van der Waals surface area contributed by atoms with Crippen molar-refractivity contribution in [2.45, 2.75) is 0 Å². The topological polar surface area (TPSA) is 79.3 Å². The number of halogens is 1. The summed E-state index contributed by atoms with van der Waals surface area (Å²) in [5.41, 5.74) is 0.0713. The number of carbonyl (C=O) groups excluding carboxylic acids is 1. The van der Waals surface area contributed by atoms with Gasteiger partial charge in [0.15, 0.2) is 0 Å². The Kier molecular flexibility index (Phi) is 4.65. The normalized spacial score (nSPS) is 10.7. The summed E-state index contributed by atoms with van der Waals surface area (Å²) in [5.74, 6) is -1.08. The summed E-state index contributed by atoms with van der Waals surface area (Å²) in [6.45, 7) is 0. The van der Waals surface area contributed by atoms with E-state index in [1.165, 1.54) is 35.7 Å².